The van der Waals surface area contributed by atoms with Crippen molar-refractivity contribution in [1.82, 2.24) is 9.29 Å². The van der Waals surface area contributed by atoms with Gasteiger partial charge in [-0.1, -0.05) is 13.3 Å². The topological polar surface area (TPSA) is 81.3 Å². The molecule has 1 aromatic carbocycles. The molecule has 0 aliphatic carbocycles. The number of aryl methyl sites for hydroxylation is 1. The van der Waals surface area contributed by atoms with Crippen LogP contribution in [0, 0.1) is 0 Å². The summed E-state index contributed by atoms with van der Waals surface area (Å²) in [5.74, 6) is -0.511. The number of nitrogens with zero attached hydrogens (tertiary/aromatic N) is 1. The number of oxazole rings is 1. The summed E-state index contributed by atoms with van der Waals surface area (Å²) in [6, 6.07) is 4.39. The SMILES string of the molecule is CCCCNS(=O)(=O)c1ccc2c(c1)oc(=O)n2C. The summed E-state index contributed by atoms with van der Waals surface area (Å²) in [6.07, 6.45) is 1.69. The molecule has 0 saturated carbocycles. The van der Waals surface area contributed by atoms with Gasteiger partial charge in [-0.05, 0) is 18.6 Å². The largest absolute Gasteiger partial charge is 0.419 e. The van der Waals surface area contributed by atoms with Crippen molar-refractivity contribution in [1.29, 1.82) is 0 Å². The van der Waals surface area contributed by atoms with Crippen molar-refractivity contribution in [3.63, 3.8) is 0 Å². The van der Waals surface area contributed by atoms with Gasteiger partial charge in [0.15, 0.2) is 5.58 Å². The molecule has 0 amide bonds. The van der Waals surface area contributed by atoms with Crippen LogP contribution in [0.15, 0.2) is 32.3 Å². The Balaban J connectivity index is 2.38. The molecule has 19 heavy (non-hydrogen) atoms. The molecule has 2 rings (SSSR count). The highest BCUT2D eigenvalue weighted by molar-refractivity contribution is 7.89. The number of hydrogen-bond acceptors (Lipinski definition) is 4. The number of sulfonamides is 1. The normalized spacial score (nSPS) is 12.1. The second-order valence-electron chi connectivity index (χ2n) is 4.31. The second-order valence-corrected chi connectivity index (χ2v) is 6.07. The predicted octanol–water partition coefficient (Wildman–Crippen LogP) is 1.21. The molecule has 2 aromatic rings. The van der Waals surface area contributed by atoms with Gasteiger partial charge in [0.1, 0.15) is 0 Å². The number of unbranched alkanes of at least 4 members (excludes halogenated alkanes) is 1. The maximum atomic E-state index is 12.0. The Kier molecular flexibility index (Phi) is 3.77. The van der Waals surface area contributed by atoms with Crippen LogP contribution in [0.4, 0.5) is 0 Å². The summed E-state index contributed by atoms with van der Waals surface area (Å²) >= 11 is 0. The Bertz CT molecular complexity index is 743. The van der Waals surface area contributed by atoms with E-state index in [4.69, 9.17) is 4.42 Å². The molecule has 0 atom stereocenters. The molecule has 0 aliphatic rings. The van der Waals surface area contributed by atoms with Crippen LogP contribution in [0.3, 0.4) is 0 Å². The van der Waals surface area contributed by atoms with Crippen molar-refractivity contribution >= 4 is 21.1 Å². The fraction of sp³-hybridized carbons (Fsp3) is 0.417. The summed E-state index contributed by atoms with van der Waals surface area (Å²) in [5.41, 5.74) is 0.836. The monoisotopic (exact) mass is 284 g/mol. The minimum atomic E-state index is -3.55. The smallest absolute Gasteiger partial charge is 0.408 e. The molecule has 6 nitrogen and oxygen atoms in total. The zero-order valence-corrected chi connectivity index (χ0v) is 11.7. The van der Waals surface area contributed by atoms with Gasteiger partial charge >= 0.3 is 5.76 Å². The van der Waals surface area contributed by atoms with E-state index in [0.29, 0.717) is 12.1 Å². The highest BCUT2D eigenvalue weighted by Crippen LogP contribution is 2.17. The van der Waals surface area contributed by atoms with Crippen LogP contribution in [0.5, 0.6) is 0 Å². The maximum Gasteiger partial charge on any atom is 0.419 e. The van der Waals surface area contributed by atoms with Crippen LogP contribution in [0.2, 0.25) is 0 Å². The Morgan fingerprint density at radius 2 is 2.11 bits per heavy atom. The highest BCUT2D eigenvalue weighted by Gasteiger charge is 2.16. The number of benzene rings is 1. The summed E-state index contributed by atoms with van der Waals surface area (Å²) in [5, 5.41) is 0. The summed E-state index contributed by atoms with van der Waals surface area (Å²) in [7, 11) is -1.98. The van der Waals surface area contributed by atoms with Crippen LogP contribution in [0.25, 0.3) is 11.1 Å². The Morgan fingerprint density at radius 1 is 1.37 bits per heavy atom. The number of aromatic nitrogens is 1. The fourth-order valence-electron chi connectivity index (χ4n) is 1.75. The van der Waals surface area contributed by atoms with E-state index in [1.807, 2.05) is 6.92 Å². The number of hydrogen-bond donors (Lipinski definition) is 1. The molecule has 0 fully saturated rings. The second kappa shape index (κ2) is 5.18. The van der Waals surface area contributed by atoms with Crippen molar-refractivity contribution in [2.24, 2.45) is 7.05 Å². The lowest BCUT2D eigenvalue weighted by atomic mass is 10.3. The first-order valence-corrected chi connectivity index (χ1v) is 7.53. The van der Waals surface area contributed by atoms with Crippen LogP contribution in [0.1, 0.15) is 19.8 Å². The van der Waals surface area contributed by atoms with Crippen LogP contribution in [-0.2, 0) is 17.1 Å². The third-order valence-corrected chi connectivity index (χ3v) is 4.36. The first kappa shape index (κ1) is 13.8. The summed E-state index contributed by atoms with van der Waals surface area (Å²) in [4.78, 5) is 11.4. The Hall–Kier alpha value is -1.60. The van der Waals surface area contributed by atoms with Gasteiger partial charge in [-0.3, -0.25) is 4.57 Å². The van der Waals surface area contributed by atoms with Crippen LogP contribution < -0.4 is 10.5 Å². The van der Waals surface area contributed by atoms with Gasteiger partial charge in [-0.2, -0.15) is 0 Å². The average molecular weight is 284 g/mol. The maximum absolute atomic E-state index is 12.0. The molecule has 1 aromatic heterocycles. The van der Waals surface area contributed by atoms with Crippen molar-refractivity contribution < 1.29 is 12.8 Å². The fourth-order valence-corrected chi connectivity index (χ4v) is 2.84. The average Bonchev–Trinajstić information content (AvgIpc) is 2.65. The zero-order valence-electron chi connectivity index (χ0n) is 10.8. The van der Waals surface area contributed by atoms with Gasteiger partial charge in [0, 0.05) is 19.7 Å². The van der Waals surface area contributed by atoms with Gasteiger partial charge in [-0.15, -0.1) is 0 Å². The molecule has 0 aliphatic heterocycles. The van der Waals surface area contributed by atoms with Crippen LogP contribution >= 0.6 is 0 Å². The van der Waals surface area contributed by atoms with Crippen molar-refractivity contribution in [2.75, 3.05) is 6.54 Å². The minimum Gasteiger partial charge on any atom is -0.408 e. The lowest BCUT2D eigenvalue weighted by Crippen LogP contribution is -2.24. The molecule has 0 unspecified atom stereocenters. The third-order valence-electron chi connectivity index (χ3n) is 2.90. The summed E-state index contributed by atoms with van der Waals surface area (Å²) in [6.45, 7) is 2.38. The van der Waals surface area contributed by atoms with Gasteiger partial charge in [-0.25, -0.2) is 17.9 Å². The number of fused-ring (bicyclic) bond motifs is 1. The minimum absolute atomic E-state index is 0.102. The molecule has 7 heteroatoms. The van der Waals surface area contributed by atoms with Crippen molar-refractivity contribution in [3.05, 3.63) is 28.7 Å². The first-order chi connectivity index (χ1) is 8.95. The molecule has 0 spiro atoms. The van der Waals surface area contributed by atoms with Gasteiger partial charge < -0.3 is 4.42 Å². The van der Waals surface area contributed by atoms with Crippen LogP contribution in [-0.4, -0.2) is 19.5 Å². The van der Waals surface area contributed by atoms with E-state index < -0.39 is 15.8 Å². The lowest BCUT2D eigenvalue weighted by molar-refractivity contribution is 0.527. The van der Waals surface area contributed by atoms with E-state index in [1.54, 1.807) is 13.1 Å². The standard InChI is InChI=1S/C12H16N2O4S/c1-3-4-7-13-19(16,17)9-5-6-10-11(8-9)18-12(15)14(10)2/h5-6,8,13H,3-4,7H2,1-2H3. The Morgan fingerprint density at radius 3 is 2.79 bits per heavy atom. The van der Waals surface area contributed by atoms with E-state index in [2.05, 4.69) is 4.72 Å². The molecular formula is C12H16N2O4S. The molecule has 104 valence electrons. The lowest BCUT2D eigenvalue weighted by Gasteiger charge is -2.05. The molecular weight excluding hydrogens is 268 g/mol. The predicted molar refractivity (Wildman–Crippen MR) is 71.6 cm³/mol. The molecule has 1 heterocycles. The molecule has 0 saturated heterocycles. The van der Waals surface area contributed by atoms with E-state index >= 15 is 0 Å². The van der Waals surface area contributed by atoms with Gasteiger partial charge in [0.2, 0.25) is 10.0 Å². The van der Waals surface area contributed by atoms with Gasteiger partial charge in [0.05, 0.1) is 10.4 Å². The zero-order chi connectivity index (χ0) is 14.0. The molecule has 0 bridgehead atoms. The molecule has 1 N–H and O–H groups in total. The highest BCUT2D eigenvalue weighted by atomic mass is 32.2. The first-order valence-electron chi connectivity index (χ1n) is 6.05. The quantitative estimate of drug-likeness (QED) is 0.837. The third kappa shape index (κ3) is 2.71. The van der Waals surface area contributed by atoms with E-state index in [1.165, 1.54) is 16.7 Å². The van der Waals surface area contributed by atoms with E-state index in [-0.39, 0.29) is 10.5 Å². The van der Waals surface area contributed by atoms with E-state index in [0.717, 1.165) is 12.8 Å². The molecule has 0 radical (unpaired) electrons. The van der Waals surface area contributed by atoms with Crippen molar-refractivity contribution in [2.45, 2.75) is 24.7 Å². The van der Waals surface area contributed by atoms with Crippen molar-refractivity contribution in [3.8, 4) is 0 Å². The number of rotatable bonds is 5. The van der Waals surface area contributed by atoms with E-state index in [9.17, 15) is 13.2 Å². The van der Waals surface area contributed by atoms with Gasteiger partial charge in [0.25, 0.3) is 0 Å². The Labute approximate surface area is 111 Å². The number of nitrogens with one attached hydrogen (secondary N) is 1. The summed E-state index contributed by atoms with van der Waals surface area (Å²) < 4.78 is 32.8.